The van der Waals surface area contributed by atoms with Gasteiger partial charge in [0.25, 0.3) is 5.91 Å². The maximum atomic E-state index is 12.7. The number of hydrogen-bond donors (Lipinski definition) is 2. The zero-order chi connectivity index (χ0) is 15.0. The Bertz CT molecular complexity index is 543. The number of carboxylic acid groups (broad SMARTS) is 1. The van der Waals surface area contributed by atoms with Gasteiger partial charge < -0.3 is 15.0 Å². The van der Waals surface area contributed by atoms with Gasteiger partial charge in [-0.2, -0.15) is 11.8 Å². The van der Waals surface area contributed by atoms with Crippen molar-refractivity contribution in [3.63, 3.8) is 0 Å². The largest absolute Gasteiger partial charge is 0.477 e. The number of aromatic nitrogens is 1. The van der Waals surface area contributed by atoms with Gasteiger partial charge in [-0.05, 0) is 19.4 Å². The lowest BCUT2D eigenvalue weighted by Crippen LogP contribution is -2.44. The van der Waals surface area contributed by atoms with E-state index < -0.39 is 5.97 Å². The molecule has 2 unspecified atom stereocenters. The molecule has 1 fully saturated rings. The fourth-order valence-corrected chi connectivity index (χ4v) is 4.11. The molecule has 0 radical (unpaired) electrons. The molecule has 1 aromatic heterocycles. The Morgan fingerprint density at radius 2 is 1.80 bits per heavy atom. The van der Waals surface area contributed by atoms with Gasteiger partial charge in [0.15, 0.2) is 0 Å². The second-order valence-electron chi connectivity index (χ2n) is 5.40. The summed E-state index contributed by atoms with van der Waals surface area (Å²) in [6.07, 6.45) is 0. The quantitative estimate of drug-likeness (QED) is 0.878. The van der Waals surface area contributed by atoms with Crippen molar-refractivity contribution < 1.29 is 14.7 Å². The van der Waals surface area contributed by atoms with Crippen molar-refractivity contribution in [3.8, 4) is 0 Å². The Morgan fingerprint density at radius 3 is 2.25 bits per heavy atom. The van der Waals surface area contributed by atoms with Crippen LogP contribution in [0, 0.1) is 13.8 Å². The molecular formula is C14H20N2O3S. The average molecular weight is 296 g/mol. The van der Waals surface area contributed by atoms with E-state index in [4.69, 9.17) is 5.11 Å². The molecule has 0 aliphatic carbocycles. The van der Waals surface area contributed by atoms with Crippen molar-refractivity contribution >= 4 is 23.6 Å². The lowest BCUT2D eigenvalue weighted by atomic mass is 10.1. The van der Waals surface area contributed by atoms with Crippen LogP contribution in [-0.2, 0) is 0 Å². The van der Waals surface area contributed by atoms with Crippen molar-refractivity contribution in [3.05, 3.63) is 22.5 Å². The lowest BCUT2D eigenvalue weighted by Gasteiger charge is -2.34. The Labute approximate surface area is 122 Å². The summed E-state index contributed by atoms with van der Waals surface area (Å²) in [5.74, 6) is -1.09. The average Bonchev–Trinajstić information content (AvgIpc) is 2.63. The molecule has 2 atom stereocenters. The first kappa shape index (κ1) is 15.0. The number of nitrogens with zero attached hydrogens (tertiary/aromatic N) is 1. The fraction of sp³-hybridized carbons (Fsp3) is 0.571. The van der Waals surface area contributed by atoms with E-state index in [-0.39, 0.29) is 11.6 Å². The molecule has 1 saturated heterocycles. The topological polar surface area (TPSA) is 73.4 Å². The summed E-state index contributed by atoms with van der Waals surface area (Å²) in [5, 5.41) is 9.93. The number of H-pyrrole nitrogens is 1. The molecule has 1 aliphatic heterocycles. The van der Waals surface area contributed by atoms with Crippen molar-refractivity contribution in [2.24, 2.45) is 0 Å². The normalized spacial score (nSPS) is 22.9. The summed E-state index contributed by atoms with van der Waals surface area (Å²) < 4.78 is 0. The molecule has 2 N–H and O–H groups in total. The number of amides is 1. The Kier molecular flexibility index (Phi) is 4.13. The van der Waals surface area contributed by atoms with Crippen LogP contribution in [0.25, 0.3) is 0 Å². The molecule has 2 rings (SSSR count). The summed E-state index contributed by atoms with van der Waals surface area (Å²) >= 11 is 1.88. The molecule has 0 bridgehead atoms. The van der Waals surface area contributed by atoms with E-state index in [1.165, 1.54) is 0 Å². The van der Waals surface area contributed by atoms with E-state index in [0.29, 0.717) is 40.4 Å². The summed E-state index contributed by atoms with van der Waals surface area (Å²) in [4.78, 5) is 28.4. The third-order valence-corrected chi connectivity index (χ3v) is 4.80. The maximum absolute atomic E-state index is 12.7. The molecular weight excluding hydrogens is 276 g/mol. The highest BCUT2D eigenvalue weighted by Gasteiger charge is 2.30. The highest BCUT2D eigenvalue weighted by atomic mass is 32.2. The van der Waals surface area contributed by atoms with Gasteiger partial charge in [-0.15, -0.1) is 0 Å². The van der Waals surface area contributed by atoms with Crippen molar-refractivity contribution in [1.29, 1.82) is 0 Å². The SMILES string of the molecule is Cc1[nH]c(C(=O)O)c(C)c1C(=O)N1CC(C)SC(C)C1. The molecule has 6 heteroatoms. The molecule has 0 aromatic carbocycles. The zero-order valence-corrected chi connectivity index (χ0v) is 13.0. The molecule has 0 saturated carbocycles. The van der Waals surface area contributed by atoms with Gasteiger partial charge in [-0.25, -0.2) is 4.79 Å². The number of nitrogens with one attached hydrogen (secondary N) is 1. The third kappa shape index (κ3) is 2.70. The predicted octanol–water partition coefficient (Wildman–Crippen LogP) is 2.30. The van der Waals surface area contributed by atoms with Crippen molar-refractivity contribution in [2.75, 3.05) is 13.1 Å². The van der Waals surface area contributed by atoms with E-state index in [0.717, 1.165) is 0 Å². The minimum Gasteiger partial charge on any atom is -0.477 e. The Morgan fingerprint density at radius 1 is 1.25 bits per heavy atom. The van der Waals surface area contributed by atoms with Crippen LogP contribution in [0.4, 0.5) is 0 Å². The molecule has 1 aliphatic rings. The Hall–Kier alpha value is -1.43. The molecule has 2 heterocycles. The van der Waals surface area contributed by atoms with Gasteiger partial charge in [-0.3, -0.25) is 4.79 Å². The van der Waals surface area contributed by atoms with E-state index in [1.807, 2.05) is 16.7 Å². The minimum atomic E-state index is -1.03. The number of aromatic amines is 1. The number of hydrogen-bond acceptors (Lipinski definition) is 3. The van der Waals surface area contributed by atoms with Crippen LogP contribution in [0.15, 0.2) is 0 Å². The van der Waals surface area contributed by atoms with Gasteiger partial charge >= 0.3 is 5.97 Å². The van der Waals surface area contributed by atoms with Crippen LogP contribution in [0.2, 0.25) is 0 Å². The van der Waals surface area contributed by atoms with Crippen molar-refractivity contribution in [2.45, 2.75) is 38.2 Å². The minimum absolute atomic E-state index is 0.0669. The van der Waals surface area contributed by atoms with Gasteiger partial charge in [0.2, 0.25) is 0 Å². The third-order valence-electron chi connectivity index (χ3n) is 3.57. The number of thioether (sulfide) groups is 1. The number of rotatable bonds is 2. The van der Waals surface area contributed by atoms with E-state index >= 15 is 0 Å². The monoisotopic (exact) mass is 296 g/mol. The number of carboxylic acids is 1. The summed E-state index contributed by atoms with van der Waals surface area (Å²) in [6.45, 7) is 9.07. The standard InChI is InChI=1S/C14H20N2O3S/c1-7-5-16(6-8(2)20-7)13(17)11-9(3)12(14(18)19)15-10(11)4/h7-8,15H,5-6H2,1-4H3,(H,18,19). The summed E-state index contributed by atoms with van der Waals surface area (Å²) in [5.41, 5.74) is 1.77. The molecule has 1 amide bonds. The second kappa shape index (κ2) is 5.52. The van der Waals surface area contributed by atoms with Crippen molar-refractivity contribution in [1.82, 2.24) is 9.88 Å². The van der Waals surface area contributed by atoms with Crippen LogP contribution < -0.4 is 0 Å². The maximum Gasteiger partial charge on any atom is 0.352 e. The second-order valence-corrected chi connectivity index (χ2v) is 7.28. The first-order valence-corrected chi connectivity index (χ1v) is 7.62. The van der Waals surface area contributed by atoms with Gasteiger partial charge in [0, 0.05) is 29.3 Å². The number of aryl methyl sites for hydroxylation is 1. The highest BCUT2D eigenvalue weighted by molar-refractivity contribution is 8.00. The fourth-order valence-electron chi connectivity index (χ4n) is 2.79. The van der Waals surface area contributed by atoms with Gasteiger partial charge in [0.1, 0.15) is 5.69 Å². The van der Waals surface area contributed by atoms with E-state index in [9.17, 15) is 9.59 Å². The lowest BCUT2D eigenvalue weighted by molar-refractivity contribution is 0.0690. The molecule has 1 aromatic rings. The smallest absolute Gasteiger partial charge is 0.352 e. The van der Waals surface area contributed by atoms with E-state index in [2.05, 4.69) is 18.8 Å². The number of carbonyl (C=O) groups is 2. The zero-order valence-electron chi connectivity index (χ0n) is 12.2. The molecule has 110 valence electrons. The van der Waals surface area contributed by atoms with Gasteiger partial charge in [-0.1, -0.05) is 13.8 Å². The summed E-state index contributed by atoms with van der Waals surface area (Å²) in [6, 6.07) is 0. The highest BCUT2D eigenvalue weighted by Crippen LogP contribution is 2.27. The van der Waals surface area contributed by atoms with Crippen LogP contribution in [0.5, 0.6) is 0 Å². The molecule has 0 spiro atoms. The predicted molar refractivity (Wildman–Crippen MR) is 79.6 cm³/mol. The Balaban J connectivity index is 2.32. The van der Waals surface area contributed by atoms with Gasteiger partial charge in [0.05, 0.1) is 5.56 Å². The number of carbonyl (C=O) groups excluding carboxylic acids is 1. The van der Waals surface area contributed by atoms with Crippen LogP contribution >= 0.6 is 11.8 Å². The first-order valence-electron chi connectivity index (χ1n) is 6.68. The molecule has 5 nitrogen and oxygen atoms in total. The molecule has 20 heavy (non-hydrogen) atoms. The summed E-state index contributed by atoms with van der Waals surface area (Å²) in [7, 11) is 0. The first-order chi connectivity index (χ1) is 9.31. The van der Waals surface area contributed by atoms with Crippen LogP contribution in [0.1, 0.15) is 46.0 Å². The van der Waals surface area contributed by atoms with Crippen LogP contribution in [0.3, 0.4) is 0 Å². The van der Waals surface area contributed by atoms with Crippen LogP contribution in [-0.4, -0.2) is 50.5 Å². The number of aromatic carboxylic acids is 1. The van der Waals surface area contributed by atoms with E-state index in [1.54, 1.807) is 13.8 Å².